The van der Waals surface area contributed by atoms with E-state index >= 15 is 0 Å². The summed E-state index contributed by atoms with van der Waals surface area (Å²) in [5.74, 6) is 2.09. The zero-order valence-electron chi connectivity index (χ0n) is 17.8. The van der Waals surface area contributed by atoms with Crippen LogP contribution in [0.25, 0.3) is 0 Å². The molecule has 8 nitrogen and oxygen atoms in total. The largest absolute Gasteiger partial charge is 0.497 e. The molecule has 0 bridgehead atoms. The van der Waals surface area contributed by atoms with Gasteiger partial charge in [0.1, 0.15) is 5.75 Å². The van der Waals surface area contributed by atoms with Crippen LogP contribution in [0.5, 0.6) is 5.75 Å². The van der Waals surface area contributed by atoms with Crippen molar-refractivity contribution in [3.05, 3.63) is 69.8 Å². The molecular formula is C22H29IN4O4. The molecular weight excluding hydrogens is 511 g/mol. The summed E-state index contributed by atoms with van der Waals surface area (Å²) < 4.78 is 10.7. The van der Waals surface area contributed by atoms with Gasteiger partial charge in [-0.05, 0) is 29.7 Å². The number of non-ortho nitro benzene ring substituents is 1. The fourth-order valence-electron chi connectivity index (χ4n) is 3.26. The van der Waals surface area contributed by atoms with Crippen molar-refractivity contribution in [1.82, 2.24) is 10.2 Å². The molecule has 0 aliphatic carbocycles. The van der Waals surface area contributed by atoms with Crippen molar-refractivity contribution in [2.75, 3.05) is 33.9 Å². The summed E-state index contributed by atoms with van der Waals surface area (Å²) in [6, 6.07) is 14.5. The monoisotopic (exact) mass is 540 g/mol. The van der Waals surface area contributed by atoms with E-state index < -0.39 is 4.92 Å². The molecule has 1 heterocycles. The Bertz CT molecular complexity index is 853. The molecule has 1 fully saturated rings. The van der Waals surface area contributed by atoms with E-state index in [1.165, 1.54) is 12.1 Å². The van der Waals surface area contributed by atoms with Crippen molar-refractivity contribution in [3.8, 4) is 5.75 Å². The lowest BCUT2D eigenvalue weighted by molar-refractivity contribution is -0.384. The van der Waals surface area contributed by atoms with E-state index in [4.69, 9.17) is 14.5 Å². The molecule has 0 saturated carbocycles. The van der Waals surface area contributed by atoms with Gasteiger partial charge in [0.15, 0.2) is 5.96 Å². The van der Waals surface area contributed by atoms with Gasteiger partial charge in [-0.2, -0.15) is 0 Å². The predicted molar refractivity (Wildman–Crippen MR) is 131 cm³/mol. The first-order valence-electron chi connectivity index (χ1n) is 9.98. The normalized spacial score (nSPS) is 15.8. The Morgan fingerprint density at radius 1 is 1.23 bits per heavy atom. The molecule has 1 aliphatic heterocycles. The molecule has 0 aromatic heterocycles. The highest BCUT2D eigenvalue weighted by Gasteiger charge is 2.17. The molecule has 3 rings (SSSR count). The quantitative estimate of drug-likeness (QED) is 0.180. The number of hydrogen-bond acceptors (Lipinski definition) is 5. The van der Waals surface area contributed by atoms with Crippen molar-refractivity contribution >= 4 is 35.6 Å². The second-order valence-electron chi connectivity index (χ2n) is 7.38. The number of halogens is 1. The van der Waals surface area contributed by atoms with Gasteiger partial charge in [0.05, 0.1) is 25.2 Å². The first-order valence-corrected chi connectivity index (χ1v) is 9.98. The van der Waals surface area contributed by atoms with E-state index in [2.05, 4.69) is 10.2 Å². The number of methoxy groups -OCH3 is 1. The van der Waals surface area contributed by atoms with Gasteiger partial charge in [-0.15, -0.1) is 24.0 Å². The van der Waals surface area contributed by atoms with Crippen LogP contribution in [-0.2, 0) is 17.8 Å². The number of hydrogen-bond donors (Lipinski definition) is 1. The lowest BCUT2D eigenvalue weighted by Crippen LogP contribution is -2.41. The van der Waals surface area contributed by atoms with Crippen LogP contribution in [0.3, 0.4) is 0 Å². The van der Waals surface area contributed by atoms with E-state index in [1.807, 2.05) is 31.3 Å². The third-order valence-electron chi connectivity index (χ3n) is 5.07. The second kappa shape index (κ2) is 12.5. The molecule has 1 unspecified atom stereocenters. The van der Waals surface area contributed by atoms with Crippen molar-refractivity contribution in [3.63, 3.8) is 0 Å². The van der Waals surface area contributed by atoms with Crippen LogP contribution in [0.1, 0.15) is 17.5 Å². The molecule has 9 heteroatoms. The number of nitro groups is 1. The fraction of sp³-hybridized carbons (Fsp3) is 0.409. The van der Waals surface area contributed by atoms with Crippen LogP contribution >= 0.6 is 24.0 Å². The van der Waals surface area contributed by atoms with E-state index in [9.17, 15) is 10.1 Å². The molecule has 0 spiro atoms. The number of rotatable bonds is 8. The number of aliphatic imine (C=N–C) groups is 1. The maximum atomic E-state index is 10.8. The zero-order chi connectivity index (χ0) is 21.3. The number of ether oxygens (including phenoxy) is 2. The number of nitrogens with one attached hydrogen (secondary N) is 1. The lowest BCUT2D eigenvalue weighted by Gasteiger charge is -2.24. The molecule has 0 amide bonds. The van der Waals surface area contributed by atoms with Crippen LogP contribution in [0.15, 0.2) is 53.5 Å². The highest BCUT2D eigenvalue weighted by Crippen LogP contribution is 2.15. The first-order chi connectivity index (χ1) is 14.5. The minimum atomic E-state index is -0.396. The van der Waals surface area contributed by atoms with Crippen molar-refractivity contribution in [2.24, 2.45) is 10.9 Å². The van der Waals surface area contributed by atoms with Crippen molar-refractivity contribution in [2.45, 2.75) is 19.5 Å². The average molecular weight is 540 g/mol. The SMILES string of the molecule is COc1ccc(CN(C)C(=NCc2ccc([N+](=O)[O-])cc2)NCC2CCOC2)cc1.I. The van der Waals surface area contributed by atoms with Crippen LogP contribution in [0, 0.1) is 16.0 Å². The van der Waals surface area contributed by atoms with Crippen LogP contribution in [0.4, 0.5) is 5.69 Å². The molecule has 168 valence electrons. The maximum Gasteiger partial charge on any atom is 0.269 e. The van der Waals surface area contributed by atoms with E-state index in [0.29, 0.717) is 19.0 Å². The summed E-state index contributed by atoms with van der Waals surface area (Å²) in [4.78, 5) is 17.3. The summed E-state index contributed by atoms with van der Waals surface area (Å²) in [5, 5.41) is 14.3. The highest BCUT2D eigenvalue weighted by molar-refractivity contribution is 14.0. The first kappa shape index (κ1) is 24.9. The Kier molecular flexibility index (Phi) is 9.99. The third kappa shape index (κ3) is 7.66. The third-order valence-corrected chi connectivity index (χ3v) is 5.07. The fourth-order valence-corrected chi connectivity index (χ4v) is 3.26. The average Bonchev–Trinajstić information content (AvgIpc) is 3.28. The van der Waals surface area contributed by atoms with Crippen molar-refractivity contribution < 1.29 is 14.4 Å². The van der Waals surface area contributed by atoms with Gasteiger partial charge < -0.3 is 19.7 Å². The zero-order valence-corrected chi connectivity index (χ0v) is 20.2. The van der Waals surface area contributed by atoms with E-state index in [1.54, 1.807) is 19.2 Å². The summed E-state index contributed by atoms with van der Waals surface area (Å²) in [6.07, 6.45) is 1.05. The van der Waals surface area contributed by atoms with Gasteiger partial charge in [-0.1, -0.05) is 24.3 Å². The Hall–Kier alpha value is -2.40. The molecule has 1 saturated heterocycles. The molecule has 0 radical (unpaired) electrons. The summed E-state index contributed by atoms with van der Waals surface area (Å²) in [7, 11) is 3.65. The van der Waals surface area contributed by atoms with Gasteiger partial charge >= 0.3 is 0 Å². The smallest absolute Gasteiger partial charge is 0.269 e. The number of nitro benzene ring substituents is 1. The Labute approximate surface area is 199 Å². The topological polar surface area (TPSA) is 89.2 Å². The molecule has 2 aromatic carbocycles. The molecule has 2 aromatic rings. The van der Waals surface area contributed by atoms with E-state index in [-0.39, 0.29) is 29.7 Å². The Morgan fingerprint density at radius 2 is 1.90 bits per heavy atom. The van der Waals surface area contributed by atoms with Crippen LogP contribution < -0.4 is 10.1 Å². The lowest BCUT2D eigenvalue weighted by atomic mass is 10.1. The van der Waals surface area contributed by atoms with Crippen LogP contribution in [-0.4, -0.2) is 49.7 Å². The standard InChI is InChI=1S/C22H28N4O4.HI/c1-25(15-18-5-9-21(29-2)10-6-18)22(24-14-19-11-12-30-16-19)23-13-17-3-7-20(8-4-17)26(27)28;/h3-10,19H,11-16H2,1-2H3,(H,23,24);1H. The molecule has 1 N–H and O–H groups in total. The molecule has 31 heavy (non-hydrogen) atoms. The summed E-state index contributed by atoms with van der Waals surface area (Å²) in [6.45, 7) is 3.51. The Balaban J connectivity index is 0.00000341. The van der Waals surface area contributed by atoms with Crippen molar-refractivity contribution in [1.29, 1.82) is 0 Å². The Morgan fingerprint density at radius 3 is 2.48 bits per heavy atom. The second-order valence-corrected chi connectivity index (χ2v) is 7.38. The van der Waals surface area contributed by atoms with Gasteiger partial charge in [-0.25, -0.2) is 4.99 Å². The van der Waals surface area contributed by atoms with Crippen LogP contribution in [0.2, 0.25) is 0 Å². The minimum absolute atomic E-state index is 0. The van der Waals surface area contributed by atoms with Gasteiger partial charge in [-0.3, -0.25) is 10.1 Å². The molecule has 1 aliphatic rings. The van der Waals surface area contributed by atoms with Gasteiger partial charge in [0, 0.05) is 44.8 Å². The van der Waals surface area contributed by atoms with E-state index in [0.717, 1.165) is 49.0 Å². The maximum absolute atomic E-state index is 10.8. The highest BCUT2D eigenvalue weighted by atomic mass is 127. The minimum Gasteiger partial charge on any atom is -0.497 e. The van der Waals surface area contributed by atoms with Gasteiger partial charge in [0.25, 0.3) is 5.69 Å². The number of nitrogens with zero attached hydrogens (tertiary/aromatic N) is 3. The summed E-state index contributed by atoms with van der Waals surface area (Å²) in [5.41, 5.74) is 2.15. The summed E-state index contributed by atoms with van der Waals surface area (Å²) >= 11 is 0. The number of benzene rings is 2. The number of guanidine groups is 1. The molecule has 1 atom stereocenters. The predicted octanol–water partition coefficient (Wildman–Crippen LogP) is 3.84. The van der Waals surface area contributed by atoms with Gasteiger partial charge in [0.2, 0.25) is 0 Å².